The summed E-state index contributed by atoms with van der Waals surface area (Å²) in [4.78, 5) is 15.9. The number of aliphatic carboxylic acids is 1. The molecule has 0 aromatic rings. The first-order valence-electron chi connectivity index (χ1n) is 7.46. The SMILES string of the molecule is CCC(=CCN1CCC2C(CCCN2C)C1)C(=O)O. The number of nitrogens with zero attached hydrogens (tertiary/aromatic N) is 2. The summed E-state index contributed by atoms with van der Waals surface area (Å²) in [5, 5.41) is 9.03. The maximum absolute atomic E-state index is 11.0. The number of hydrogen-bond acceptors (Lipinski definition) is 3. The maximum Gasteiger partial charge on any atom is 0.331 e. The summed E-state index contributed by atoms with van der Waals surface area (Å²) in [5.74, 6) is 0.00518. The average Bonchev–Trinajstić information content (AvgIpc) is 2.39. The summed E-state index contributed by atoms with van der Waals surface area (Å²) in [5.41, 5.74) is 0.544. The molecule has 2 saturated heterocycles. The molecule has 0 spiro atoms. The van der Waals surface area contributed by atoms with Crippen molar-refractivity contribution in [3.63, 3.8) is 0 Å². The first-order valence-corrected chi connectivity index (χ1v) is 7.46. The van der Waals surface area contributed by atoms with Crippen LogP contribution in [0, 0.1) is 5.92 Å². The van der Waals surface area contributed by atoms with Gasteiger partial charge in [0.1, 0.15) is 0 Å². The van der Waals surface area contributed by atoms with E-state index in [1.54, 1.807) is 0 Å². The van der Waals surface area contributed by atoms with Gasteiger partial charge in [0.25, 0.3) is 0 Å². The number of carboxylic acid groups (broad SMARTS) is 1. The van der Waals surface area contributed by atoms with Gasteiger partial charge in [0.05, 0.1) is 0 Å². The molecule has 0 bridgehead atoms. The number of hydrogen-bond donors (Lipinski definition) is 1. The minimum absolute atomic E-state index is 0.544. The standard InChI is InChI=1S/C15H26N2O2/c1-3-12(15(18)19)6-9-17-10-7-14-13(11-17)5-4-8-16(14)2/h6,13-14H,3-5,7-11H2,1-2H3,(H,18,19). The lowest BCUT2D eigenvalue weighted by molar-refractivity contribution is -0.132. The summed E-state index contributed by atoms with van der Waals surface area (Å²) in [6.45, 7) is 6.16. The molecule has 0 amide bonds. The number of likely N-dealkylation sites (tertiary alicyclic amines) is 2. The maximum atomic E-state index is 11.0. The third kappa shape index (κ3) is 3.57. The number of carbonyl (C=O) groups is 1. The zero-order valence-corrected chi connectivity index (χ0v) is 12.1. The highest BCUT2D eigenvalue weighted by molar-refractivity contribution is 5.86. The van der Waals surface area contributed by atoms with Crippen molar-refractivity contribution in [3.05, 3.63) is 11.6 Å². The van der Waals surface area contributed by atoms with Crippen LogP contribution >= 0.6 is 0 Å². The predicted molar refractivity (Wildman–Crippen MR) is 76.2 cm³/mol. The molecule has 0 aliphatic carbocycles. The van der Waals surface area contributed by atoms with Gasteiger partial charge in [0, 0.05) is 24.7 Å². The molecule has 0 saturated carbocycles. The lowest BCUT2D eigenvalue weighted by Crippen LogP contribution is -2.52. The van der Waals surface area contributed by atoms with Crippen molar-refractivity contribution in [2.75, 3.05) is 33.2 Å². The first-order chi connectivity index (χ1) is 9.11. The smallest absolute Gasteiger partial charge is 0.331 e. The lowest BCUT2D eigenvalue weighted by Gasteiger charge is -2.45. The van der Waals surface area contributed by atoms with E-state index in [0.717, 1.165) is 31.6 Å². The molecule has 4 heteroatoms. The average molecular weight is 266 g/mol. The van der Waals surface area contributed by atoms with Crippen LogP contribution in [-0.4, -0.2) is 60.1 Å². The zero-order chi connectivity index (χ0) is 13.8. The highest BCUT2D eigenvalue weighted by Gasteiger charge is 2.33. The van der Waals surface area contributed by atoms with Gasteiger partial charge in [-0.3, -0.25) is 4.90 Å². The molecule has 0 aromatic heterocycles. The van der Waals surface area contributed by atoms with Crippen molar-refractivity contribution >= 4 is 5.97 Å². The van der Waals surface area contributed by atoms with Crippen molar-refractivity contribution in [2.45, 2.75) is 38.6 Å². The fourth-order valence-electron chi connectivity index (χ4n) is 3.52. The van der Waals surface area contributed by atoms with E-state index in [4.69, 9.17) is 5.11 Å². The van der Waals surface area contributed by atoms with Crippen LogP contribution < -0.4 is 0 Å². The second kappa shape index (κ2) is 6.53. The van der Waals surface area contributed by atoms with E-state index in [0.29, 0.717) is 12.0 Å². The Balaban J connectivity index is 1.89. The van der Waals surface area contributed by atoms with E-state index in [1.165, 1.54) is 25.8 Å². The van der Waals surface area contributed by atoms with Gasteiger partial charge in [-0.05, 0) is 51.7 Å². The van der Waals surface area contributed by atoms with Gasteiger partial charge in [-0.15, -0.1) is 0 Å². The largest absolute Gasteiger partial charge is 0.478 e. The van der Waals surface area contributed by atoms with Crippen LogP contribution in [0.4, 0.5) is 0 Å². The van der Waals surface area contributed by atoms with Crippen LogP contribution in [0.2, 0.25) is 0 Å². The van der Waals surface area contributed by atoms with Gasteiger partial charge in [-0.2, -0.15) is 0 Å². The topological polar surface area (TPSA) is 43.8 Å². The van der Waals surface area contributed by atoms with Gasteiger partial charge in [-0.25, -0.2) is 4.79 Å². The number of fused-ring (bicyclic) bond motifs is 1. The van der Waals surface area contributed by atoms with E-state index in [9.17, 15) is 4.79 Å². The molecule has 2 heterocycles. The Kier molecular flexibility index (Phi) is 4.99. The Bertz CT molecular complexity index is 354. The molecule has 0 radical (unpaired) electrons. The summed E-state index contributed by atoms with van der Waals surface area (Å²) in [6, 6.07) is 0.749. The minimum atomic E-state index is -0.769. The molecular formula is C15H26N2O2. The van der Waals surface area contributed by atoms with Gasteiger partial charge in [0.15, 0.2) is 0 Å². The number of rotatable bonds is 4. The summed E-state index contributed by atoms with van der Waals surface area (Å²) >= 11 is 0. The Labute approximate surface area is 116 Å². The van der Waals surface area contributed by atoms with E-state index in [2.05, 4.69) is 16.8 Å². The third-order valence-electron chi connectivity index (χ3n) is 4.68. The Morgan fingerprint density at radius 3 is 2.84 bits per heavy atom. The summed E-state index contributed by atoms with van der Waals surface area (Å²) in [6.07, 6.45) is 6.36. The van der Waals surface area contributed by atoms with Crippen molar-refractivity contribution in [3.8, 4) is 0 Å². The second-order valence-corrected chi connectivity index (χ2v) is 5.89. The van der Waals surface area contributed by atoms with Crippen LogP contribution in [0.5, 0.6) is 0 Å². The van der Waals surface area contributed by atoms with Crippen molar-refractivity contribution in [1.82, 2.24) is 9.80 Å². The van der Waals surface area contributed by atoms with Crippen molar-refractivity contribution in [1.29, 1.82) is 0 Å². The molecule has 2 atom stereocenters. The van der Waals surface area contributed by atoms with Crippen LogP contribution in [0.3, 0.4) is 0 Å². The first kappa shape index (κ1) is 14.5. The monoisotopic (exact) mass is 266 g/mol. The van der Waals surface area contributed by atoms with Gasteiger partial charge in [0.2, 0.25) is 0 Å². The molecule has 0 aromatic carbocycles. The van der Waals surface area contributed by atoms with Crippen molar-refractivity contribution in [2.24, 2.45) is 5.92 Å². The highest BCUT2D eigenvalue weighted by atomic mass is 16.4. The van der Waals surface area contributed by atoms with Gasteiger partial charge in [-0.1, -0.05) is 13.0 Å². The molecule has 2 rings (SSSR count). The van der Waals surface area contributed by atoms with E-state index < -0.39 is 5.97 Å². The highest BCUT2D eigenvalue weighted by Crippen LogP contribution is 2.29. The molecule has 108 valence electrons. The molecule has 2 unspecified atom stereocenters. The molecule has 2 fully saturated rings. The van der Waals surface area contributed by atoms with Crippen LogP contribution in [-0.2, 0) is 4.79 Å². The molecule has 1 N–H and O–H groups in total. The molecule has 4 nitrogen and oxygen atoms in total. The normalized spacial score (nSPS) is 30.1. The van der Waals surface area contributed by atoms with Crippen LogP contribution in [0.1, 0.15) is 32.6 Å². The molecule has 2 aliphatic heterocycles. The van der Waals surface area contributed by atoms with E-state index in [1.807, 2.05) is 13.0 Å². The van der Waals surface area contributed by atoms with E-state index >= 15 is 0 Å². The molecule has 2 aliphatic rings. The van der Waals surface area contributed by atoms with E-state index in [-0.39, 0.29) is 0 Å². The zero-order valence-electron chi connectivity index (χ0n) is 12.1. The predicted octanol–water partition coefficient (Wildman–Crippen LogP) is 1.82. The number of carboxylic acids is 1. The molecular weight excluding hydrogens is 240 g/mol. The second-order valence-electron chi connectivity index (χ2n) is 5.89. The third-order valence-corrected chi connectivity index (χ3v) is 4.68. The summed E-state index contributed by atoms with van der Waals surface area (Å²) in [7, 11) is 2.24. The Hall–Kier alpha value is -0.870. The van der Waals surface area contributed by atoms with Crippen molar-refractivity contribution < 1.29 is 9.90 Å². The van der Waals surface area contributed by atoms with Gasteiger partial charge < -0.3 is 10.0 Å². The Morgan fingerprint density at radius 2 is 2.16 bits per heavy atom. The minimum Gasteiger partial charge on any atom is -0.478 e. The quantitative estimate of drug-likeness (QED) is 0.788. The Morgan fingerprint density at radius 1 is 1.37 bits per heavy atom. The van der Waals surface area contributed by atoms with Gasteiger partial charge >= 0.3 is 5.97 Å². The summed E-state index contributed by atoms with van der Waals surface area (Å²) < 4.78 is 0. The van der Waals surface area contributed by atoms with Crippen LogP contribution in [0.25, 0.3) is 0 Å². The molecule has 19 heavy (non-hydrogen) atoms. The number of piperidine rings is 2. The fraction of sp³-hybridized carbons (Fsp3) is 0.800. The lowest BCUT2D eigenvalue weighted by atomic mass is 9.84. The van der Waals surface area contributed by atoms with Crippen LogP contribution in [0.15, 0.2) is 11.6 Å². The fourth-order valence-corrected chi connectivity index (χ4v) is 3.52.